The summed E-state index contributed by atoms with van der Waals surface area (Å²) in [4.78, 5) is 13.6. The van der Waals surface area contributed by atoms with Gasteiger partial charge in [-0.05, 0) is 133 Å². The first-order valence-corrected chi connectivity index (χ1v) is 13.7. The van der Waals surface area contributed by atoms with E-state index in [0.717, 1.165) is 23.7 Å². The van der Waals surface area contributed by atoms with Crippen LogP contribution in [0.15, 0.2) is 0 Å². The molecule has 5 aliphatic carbocycles. The van der Waals surface area contributed by atoms with Crippen LogP contribution in [0, 0.1) is 34.5 Å². The predicted octanol–water partition coefficient (Wildman–Crippen LogP) is 6.72. The monoisotopic (exact) mass is 430 g/mol. The van der Waals surface area contributed by atoms with Gasteiger partial charge in [0, 0.05) is 25.0 Å². The van der Waals surface area contributed by atoms with E-state index in [9.17, 15) is 4.79 Å². The van der Waals surface area contributed by atoms with Crippen LogP contribution in [0.25, 0.3) is 0 Å². The average Bonchev–Trinajstić information content (AvgIpc) is 2.85. The SMILES string of the molecule is COC1CCC(C2CC[C@]3(CC2)C[C@@]2(CC[C@H](C4CCC(OC)CC4)CC2)C3=O)CC1. The molecule has 3 heteroatoms. The van der Waals surface area contributed by atoms with Gasteiger partial charge in [0.05, 0.1) is 12.2 Å². The molecular formula is C28H46O3. The van der Waals surface area contributed by atoms with E-state index in [2.05, 4.69) is 0 Å². The molecule has 0 N–H and O–H groups in total. The second kappa shape index (κ2) is 9.09. The average molecular weight is 431 g/mol. The van der Waals surface area contributed by atoms with E-state index < -0.39 is 0 Å². The van der Waals surface area contributed by atoms with E-state index in [1.807, 2.05) is 14.2 Å². The van der Waals surface area contributed by atoms with Crippen LogP contribution >= 0.6 is 0 Å². The quantitative estimate of drug-likeness (QED) is 0.496. The van der Waals surface area contributed by atoms with Gasteiger partial charge in [-0.25, -0.2) is 0 Å². The highest BCUT2D eigenvalue weighted by Gasteiger charge is 2.63. The third kappa shape index (κ3) is 4.16. The van der Waals surface area contributed by atoms with Gasteiger partial charge in [-0.2, -0.15) is 0 Å². The summed E-state index contributed by atoms with van der Waals surface area (Å²) >= 11 is 0. The molecule has 0 aromatic heterocycles. The summed E-state index contributed by atoms with van der Waals surface area (Å²) in [6, 6.07) is 0. The van der Waals surface area contributed by atoms with Gasteiger partial charge in [-0.1, -0.05) is 0 Å². The number of ether oxygens (including phenoxy) is 2. The number of carbonyl (C=O) groups excluding carboxylic acids is 1. The van der Waals surface area contributed by atoms with Gasteiger partial charge < -0.3 is 9.47 Å². The molecule has 0 saturated heterocycles. The van der Waals surface area contributed by atoms with Crippen molar-refractivity contribution in [2.75, 3.05) is 14.2 Å². The summed E-state index contributed by atoms with van der Waals surface area (Å²) in [5.41, 5.74) is 0.202. The molecule has 0 aliphatic heterocycles. The number of hydrogen-bond donors (Lipinski definition) is 0. The maximum Gasteiger partial charge on any atom is 0.145 e. The summed E-state index contributed by atoms with van der Waals surface area (Å²) in [6.07, 6.45) is 22.7. The highest BCUT2D eigenvalue weighted by atomic mass is 16.5. The van der Waals surface area contributed by atoms with E-state index in [1.165, 1.54) is 109 Å². The number of carbonyl (C=O) groups is 1. The Hall–Kier alpha value is -0.410. The Labute approximate surface area is 190 Å². The van der Waals surface area contributed by atoms with Crippen molar-refractivity contribution < 1.29 is 14.3 Å². The first-order chi connectivity index (χ1) is 15.1. The molecule has 31 heavy (non-hydrogen) atoms. The molecule has 5 fully saturated rings. The van der Waals surface area contributed by atoms with Gasteiger partial charge in [0.2, 0.25) is 0 Å². The Morgan fingerprint density at radius 1 is 0.548 bits per heavy atom. The summed E-state index contributed by atoms with van der Waals surface area (Å²) in [7, 11) is 3.74. The smallest absolute Gasteiger partial charge is 0.145 e. The molecule has 0 amide bonds. The molecule has 5 aliphatic rings. The van der Waals surface area contributed by atoms with Gasteiger partial charge >= 0.3 is 0 Å². The molecule has 2 spiro atoms. The van der Waals surface area contributed by atoms with Gasteiger partial charge in [0.1, 0.15) is 5.78 Å². The largest absolute Gasteiger partial charge is 0.381 e. The minimum absolute atomic E-state index is 0.101. The lowest BCUT2D eigenvalue weighted by atomic mass is 9.42. The number of rotatable bonds is 4. The summed E-state index contributed by atoms with van der Waals surface area (Å²) < 4.78 is 11.1. The number of Topliss-reactive ketones (excluding diaryl/α,β-unsaturated/α-hetero) is 1. The lowest BCUT2D eigenvalue weighted by molar-refractivity contribution is -0.170. The van der Waals surface area contributed by atoms with Crippen molar-refractivity contribution in [1.29, 1.82) is 0 Å². The van der Waals surface area contributed by atoms with E-state index >= 15 is 0 Å². The Kier molecular flexibility index (Phi) is 6.56. The number of hydrogen-bond acceptors (Lipinski definition) is 3. The molecule has 0 aromatic rings. The number of methoxy groups -OCH3 is 2. The van der Waals surface area contributed by atoms with Crippen molar-refractivity contribution >= 4 is 5.78 Å². The van der Waals surface area contributed by atoms with Crippen LogP contribution in [0.3, 0.4) is 0 Å². The van der Waals surface area contributed by atoms with Crippen LogP contribution in [0.5, 0.6) is 0 Å². The zero-order valence-corrected chi connectivity index (χ0v) is 20.2. The normalized spacial score (nSPS) is 48.6. The first-order valence-electron chi connectivity index (χ1n) is 13.7. The first kappa shape index (κ1) is 22.4. The van der Waals surface area contributed by atoms with Gasteiger partial charge in [0.15, 0.2) is 0 Å². The van der Waals surface area contributed by atoms with Crippen LogP contribution in [0.1, 0.15) is 109 Å². The fourth-order valence-electron chi connectivity index (χ4n) is 8.99. The van der Waals surface area contributed by atoms with Gasteiger partial charge in [0.25, 0.3) is 0 Å². The summed E-state index contributed by atoms with van der Waals surface area (Å²) in [5, 5.41) is 0. The fourth-order valence-corrected chi connectivity index (χ4v) is 8.99. The van der Waals surface area contributed by atoms with E-state index in [4.69, 9.17) is 9.47 Å². The van der Waals surface area contributed by atoms with Crippen molar-refractivity contribution in [3.63, 3.8) is 0 Å². The van der Waals surface area contributed by atoms with Crippen molar-refractivity contribution in [3.05, 3.63) is 0 Å². The standard InChI is InChI=1S/C28H46O3/c1-30-24-7-3-20(4-8-24)22-11-15-27(16-12-22)19-28(26(27)29)17-13-23(14-18-28)21-5-9-25(31-2)10-6-21/h20-25H,3-19H2,1-2H3/t20?,21?,22-,23?,24?,25?,27-,28-. The Morgan fingerprint density at radius 3 is 1.16 bits per heavy atom. The minimum atomic E-state index is 0.101. The molecule has 0 heterocycles. The Balaban J connectivity index is 1.09. The maximum absolute atomic E-state index is 13.6. The molecule has 0 atom stereocenters. The topological polar surface area (TPSA) is 35.5 Å². The van der Waals surface area contributed by atoms with Crippen LogP contribution in [-0.4, -0.2) is 32.2 Å². The zero-order valence-electron chi connectivity index (χ0n) is 20.2. The molecule has 3 nitrogen and oxygen atoms in total. The van der Waals surface area contributed by atoms with Crippen LogP contribution in [0.2, 0.25) is 0 Å². The Morgan fingerprint density at radius 2 is 0.871 bits per heavy atom. The molecule has 0 aromatic carbocycles. The second-order valence-electron chi connectivity index (χ2n) is 12.3. The van der Waals surface area contributed by atoms with E-state index in [0.29, 0.717) is 18.0 Å². The predicted molar refractivity (Wildman–Crippen MR) is 124 cm³/mol. The summed E-state index contributed by atoms with van der Waals surface area (Å²) in [5.74, 6) is 4.27. The molecule has 5 rings (SSSR count). The molecule has 0 radical (unpaired) electrons. The Bertz CT molecular complexity index is 558. The molecule has 0 bridgehead atoms. The lowest BCUT2D eigenvalue weighted by Crippen LogP contribution is -2.60. The summed E-state index contributed by atoms with van der Waals surface area (Å²) in [6.45, 7) is 0. The highest BCUT2D eigenvalue weighted by Crippen LogP contribution is 2.65. The lowest BCUT2D eigenvalue weighted by Gasteiger charge is -2.60. The molecule has 0 unspecified atom stereocenters. The van der Waals surface area contributed by atoms with Crippen LogP contribution in [0.4, 0.5) is 0 Å². The van der Waals surface area contributed by atoms with Gasteiger partial charge in [-0.15, -0.1) is 0 Å². The van der Waals surface area contributed by atoms with Crippen molar-refractivity contribution in [3.8, 4) is 0 Å². The van der Waals surface area contributed by atoms with Crippen molar-refractivity contribution in [2.24, 2.45) is 34.5 Å². The third-order valence-electron chi connectivity index (χ3n) is 11.1. The van der Waals surface area contributed by atoms with E-state index in [-0.39, 0.29) is 10.8 Å². The fraction of sp³-hybridized carbons (Fsp3) is 0.964. The second-order valence-corrected chi connectivity index (χ2v) is 12.3. The third-order valence-corrected chi connectivity index (χ3v) is 11.1. The number of ketones is 1. The van der Waals surface area contributed by atoms with Crippen LogP contribution in [-0.2, 0) is 14.3 Å². The van der Waals surface area contributed by atoms with Gasteiger partial charge in [-0.3, -0.25) is 4.79 Å². The van der Waals surface area contributed by atoms with E-state index in [1.54, 1.807) is 0 Å². The molecular weight excluding hydrogens is 384 g/mol. The molecule has 5 saturated carbocycles. The minimum Gasteiger partial charge on any atom is -0.381 e. The zero-order chi connectivity index (χ0) is 21.5. The van der Waals surface area contributed by atoms with Crippen molar-refractivity contribution in [2.45, 2.75) is 121 Å². The van der Waals surface area contributed by atoms with Crippen molar-refractivity contribution in [1.82, 2.24) is 0 Å². The maximum atomic E-state index is 13.6. The highest BCUT2D eigenvalue weighted by molar-refractivity contribution is 5.96. The molecule has 176 valence electrons. The van der Waals surface area contributed by atoms with Crippen LogP contribution < -0.4 is 0 Å².